The Labute approximate surface area is 73.0 Å². The van der Waals surface area contributed by atoms with Crippen molar-refractivity contribution in [2.24, 2.45) is 5.92 Å². The van der Waals surface area contributed by atoms with Crippen molar-refractivity contribution in [1.82, 2.24) is 0 Å². The van der Waals surface area contributed by atoms with Gasteiger partial charge in [-0.15, -0.1) is 0 Å². The minimum Gasteiger partial charge on any atom is -0.385 e. The van der Waals surface area contributed by atoms with E-state index in [9.17, 15) is 5.11 Å². The van der Waals surface area contributed by atoms with Gasteiger partial charge in [-0.25, -0.2) is 0 Å². The summed E-state index contributed by atoms with van der Waals surface area (Å²) in [7, 11) is 0. The van der Waals surface area contributed by atoms with Crippen LogP contribution in [0.3, 0.4) is 0 Å². The van der Waals surface area contributed by atoms with Crippen molar-refractivity contribution in [3.63, 3.8) is 0 Å². The van der Waals surface area contributed by atoms with E-state index in [0.29, 0.717) is 5.92 Å². The number of hydrogen-bond donors (Lipinski definition) is 1. The van der Waals surface area contributed by atoms with E-state index in [-0.39, 0.29) is 0 Å². The van der Waals surface area contributed by atoms with Crippen LogP contribution < -0.4 is 0 Å². The summed E-state index contributed by atoms with van der Waals surface area (Å²) < 4.78 is 0. The molecule has 0 aliphatic heterocycles. The van der Waals surface area contributed by atoms with Crippen LogP contribution in [0.5, 0.6) is 0 Å². The zero-order valence-electron chi connectivity index (χ0n) is 7.33. The third-order valence-corrected chi connectivity index (χ3v) is 2.84. The van der Waals surface area contributed by atoms with Gasteiger partial charge >= 0.3 is 0 Å². The van der Waals surface area contributed by atoms with Crippen LogP contribution in [0.1, 0.15) is 25.3 Å². The highest BCUT2D eigenvalue weighted by Crippen LogP contribution is 2.53. The van der Waals surface area contributed by atoms with Crippen molar-refractivity contribution in [3.05, 3.63) is 35.9 Å². The van der Waals surface area contributed by atoms with Gasteiger partial charge in [0.1, 0.15) is 0 Å². The van der Waals surface area contributed by atoms with Crippen molar-refractivity contribution >= 4 is 0 Å². The van der Waals surface area contributed by atoms with Gasteiger partial charge in [0.05, 0.1) is 5.60 Å². The summed E-state index contributed by atoms with van der Waals surface area (Å²) in [5.41, 5.74) is 0.590. The first-order chi connectivity index (χ1) is 5.77. The number of hydrogen-bond acceptors (Lipinski definition) is 1. The van der Waals surface area contributed by atoms with Crippen molar-refractivity contribution in [3.8, 4) is 0 Å². The van der Waals surface area contributed by atoms with Gasteiger partial charge in [-0.05, 0) is 17.9 Å². The van der Waals surface area contributed by atoms with E-state index in [0.717, 1.165) is 18.4 Å². The van der Waals surface area contributed by atoms with Gasteiger partial charge in [-0.3, -0.25) is 0 Å². The normalized spacial score (nSPS) is 33.3. The zero-order chi connectivity index (χ0) is 8.60. The summed E-state index contributed by atoms with van der Waals surface area (Å²) in [5.74, 6) is 0.486. The van der Waals surface area contributed by atoms with Crippen LogP contribution >= 0.6 is 0 Å². The summed E-state index contributed by atoms with van der Waals surface area (Å²) >= 11 is 0. The molecule has 2 atom stereocenters. The lowest BCUT2D eigenvalue weighted by Crippen LogP contribution is -2.07. The highest BCUT2D eigenvalue weighted by Gasteiger charge is 2.52. The fourth-order valence-electron chi connectivity index (χ4n) is 1.88. The topological polar surface area (TPSA) is 20.2 Å². The fraction of sp³-hybridized carbons (Fsp3) is 0.455. The molecule has 1 aliphatic carbocycles. The van der Waals surface area contributed by atoms with Crippen molar-refractivity contribution in [2.75, 3.05) is 0 Å². The summed E-state index contributed by atoms with van der Waals surface area (Å²) in [6.45, 7) is 2.13. The monoisotopic (exact) mass is 162 g/mol. The maximum Gasteiger partial charge on any atom is 0.0929 e. The lowest BCUT2D eigenvalue weighted by molar-refractivity contribution is 0.130. The summed E-state index contributed by atoms with van der Waals surface area (Å²) in [6.07, 6.45) is 2.01. The molecule has 2 rings (SSSR count). The Bertz CT molecular complexity index is 268. The van der Waals surface area contributed by atoms with Crippen LogP contribution in [0.15, 0.2) is 30.3 Å². The van der Waals surface area contributed by atoms with Crippen LogP contribution in [-0.2, 0) is 5.60 Å². The van der Waals surface area contributed by atoms with Crippen LogP contribution in [0.25, 0.3) is 0 Å². The minimum absolute atomic E-state index is 0.486. The van der Waals surface area contributed by atoms with Crippen molar-refractivity contribution < 1.29 is 5.11 Å². The average Bonchev–Trinajstić information content (AvgIpc) is 2.81. The maximum absolute atomic E-state index is 10.1. The maximum atomic E-state index is 10.1. The predicted octanol–water partition coefficient (Wildman–Crippen LogP) is 2.30. The first-order valence-electron chi connectivity index (χ1n) is 4.55. The van der Waals surface area contributed by atoms with E-state index in [4.69, 9.17) is 0 Å². The highest BCUT2D eigenvalue weighted by atomic mass is 16.3. The van der Waals surface area contributed by atoms with Gasteiger partial charge in [-0.1, -0.05) is 43.7 Å². The van der Waals surface area contributed by atoms with E-state index in [1.807, 2.05) is 30.3 Å². The molecule has 0 bridgehead atoms. The van der Waals surface area contributed by atoms with E-state index < -0.39 is 5.60 Å². The van der Waals surface area contributed by atoms with Crippen molar-refractivity contribution in [2.45, 2.75) is 25.4 Å². The quantitative estimate of drug-likeness (QED) is 0.707. The molecule has 1 saturated carbocycles. The van der Waals surface area contributed by atoms with Gasteiger partial charge in [0, 0.05) is 0 Å². The molecule has 1 N–H and O–H groups in total. The second kappa shape index (κ2) is 2.60. The molecule has 0 amide bonds. The highest BCUT2D eigenvalue weighted by molar-refractivity contribution is 5.29. The molecule has 0 radical (unpaired) electrons. The minimum atomic E-state index is -0.490. The molecule has 1 aromatic carbocycles. The third kappa shape index (κ3) is 1.05. The fourth-order valence-corrected chi connectivity index (χ4v) is 1.88. The molecule has 64 valence electrons. The molecular formula is C11H14O. The number of benzene rings is 1. The van der Waals surface area contributed by atoms with Gasteiger partial charge in [0.15, 0.2) is 0 Å². The van der Waals surface area contributed by atoms with Gasteiger partial charge < -0.3 is 5.11 Å². The molecule has 0 unspecified atom stereocenters. The Kier molecular flexibility index (Phi) is 1.69. The lowest BCUT2D eigenvalue weighted by Gasteiger charge is -2.09. The Morgan fingerprint density at radius 2 is 2.08 bits per heavy atom. The molecule has 1 fully saturated rings. The number of rotatable bonds is 2. The lowest BCUT2D eigenvalue weighted by atomic mass is 10.1. The van der Waals surface area contributed by atoms with Gasteiger partial charge in [0.2, 0.25) is 0 Å². The molecule has 0 heterocycles. The standard InChI is InChI=1S/C11H14O/c1-2-9-8-11(9,12)10-6-4-3-5-7-10/h3-7,9,12H,2,8H2,1H3/t9-,11+/m1/s1. The van der Waals surface area contributed by atoms with Crippen LogP contribution in [-0.4, -0.2) is 5.11 Å². The van der Waals surface area contributed by atoms with E-state index in [1.54, 1.807) is 0 Å². The van der Waals surface area contributed by atoms with Crippen LogP contribution in [0.4, 0.5) is 0 Å². The molecule has 1 aromatic rings. The Morgan fingerprint density at radius 3 is 2.58 bits per heavy atom. The second-order valence-corrected chi connectivity index (χ2v) is 3.60. The molecular weight excluding hydrogens is 148 g/mol. The largest absolute Gasteiger partial charge is 0.385 e. The first kappa shape index (κ1) is 7.81. The molecule has 1 nitrogen and oxygen atoms in total. The predicted molar refractivity (Wildman–Crippen MR) is 48.7 cm³/mol. The molecule has 1 heteroatoms. The average molecular weight is 162 g/mol. The molecule has 1 aliphatic rings. The molecule has 12 heavy (non-hydrogen) atoms. The zero-order valence-corrected chi connectivity index (χ0v) is 7.33. The van der Waals surface area contributed by atoms with E-state index in [2.05, 4.69) is 6.92 Å². The van der Waals surface area contributed by atoms with E-state index in [1.165, 1.54) is 0 Å². The number of aliphatic hydroxyl groups is 1. The summed E-state index contributed by atoms with van der Waals surface area (Å²) in [4.78, 5) is 0. The smallest absolute Gasteiger partial charge is 0.0929 e. The Hall–Kier alpha value is -0.820. The molecule has 0 spiro atoms. The van der Waals surface area contributed by atoms with Crippen molar-refractivity contribution in [1.29, 1.82) is 0 Å². The van der Waals surface area contributed by atoms with Gasteiger partial charge in [-0.2, -0.15) is 0 Å². The Balaban J connectivity index is 2.23. The SMILES string of the molecule is CC[C@@H]1C[C@@]1(O)c1ccccc1. The molecule has 0 saturated heterocycles. The second-order valence-electron chi connectivity index (χ2n) is 3.60. The first-order valence-corrected chi connectivity index (χ1v) is 4.55. The van der Waals surface area contributed by atoms with E-state index >= 15 is 0 Å². The summed E-state index contributed by atoms with van der Waals surface area (Å²) in [5, 5.41) is 10.1. The summed E-state index contributed by atoms with van der Waals surface area (Å²) in [6, 6.07) is 9.97. The Morgan fingerprint density at radius 1 is 1.42 bits per heavy atom. The molecule has 0 aromatic heterocycles. The van der Waals surface area contributed by atoms with Crippen LogP contribution in [0.2, 0.25) is 0 Å². The van der Waals surface area contributed by atoms with Crippen LogP contribution in [0, 0.1) is 5.92 Å². The van der Waals surface area contributed by atoms with Gasteiger partial charge in [0.25, 0.3) is 0 Å². The third-order valence-electron chi connectivity index (χ3n) is 2.84.